The molecule has 0 radical (unpaired) electrons. The molecule has 2 N–H and O–H groups in total. The second-order valence-electron chi connectivity index (χ2n) is 4.45. The van der Waals surface area contributed by atoms with Crippen molar-refractivity contribution in [3.8, 4) is 0 Å². The average Bonchev–Trinajstić information content (AvgIpc) is 2.83. The zero-order chi connectivity index (χ0) is 11.7. The Morgan fingerprint density at radius 2 is 2.38 bits per heavy atom. The lowest BCUT2D eigenvalue weighted by atomic mass is 10.1. The first-order chi connectivity index (χ1) is 7.63. The molecule has 0 saturated heterocycles. The molecule has 1 aliphatic rings. The number of nitrogen functional groups attached to an aromatic ring is 1. The normalized spacial score (nSPS) is 24.6. The first kappa shape index (κ1) is 11.0. The number of carbonyl (C=O) groups excluding carboxylic acids is 1. The van der Waals surface area contributed by atoms with Crippen molar-refractivity contribution < 1.29 is 9.53 Å². The largest absolute Gasteiger partial charge is 0.464 e. The van der Waals surface area contributed by atoms with Gasteiger partial charge in [0.2, 0.25) is 0 Å². The monoisotopic (exact) mass is 223 g/mol. The number of hydrogen-bond donors (Lipinski definition) is 1. The molecule has 2 atom stereocenters. The fourth-order valence-electron chi connectivity index (χ4n) is 2.35. The lowest BCUT2D eigenvalue weighted by molar-refractivity contribution is 0.0596. The van der Waals surface area contributed by atoms with E-state index < -0.39 is 5.97 Å². The second-order valence-corrected chi connectivity index (χ2v) is 4.45. The predicted octanol–water partition coefficient (Wildman–Crippen LogP) is 1.61. The molecule has 16 heavy (non-hydrogen) atoms. The first-order valence-corrected chi connectivity index (χ1v) is 5.54. The van der Waals surface area contributed by atoms with Gasteiger partial charge in [-0.05, 0) is 25.2 Å². The van der Waals surface area contributed by atoms with E-state index in [9.17, 15) is 4.79 Å². The molecule has 1 aromatic rings. The molecular weight excluding hydrogens is 206 g/mol. The minimum absolute atomic E-state index is 0.224. The number of hydrogen-bond acceptors (Lipinski definition) is 4. The summed E-state index contributed by atoms with van der Waals surface area (Å²) in [6, 6.07) is 0.376. The van der Waals surface area contributed by atoms with Crippen LogP contribution in [0.2, 0.25) is 0 Å². The highest BCUT2D eigenvalue weighted by molar-refractivity contribution is 5.92. The fraction of sp³-hybridized carbons (Fsp3) is 0.636. The lowest BCUT2D eigenvalue weighted by Gasteiger charge is -2.13. The van der Waals surface area contributed by atoms with Crippen LogP contribution < -0.4 is 5.73 Å². The van der Waals surface area contributed by atoms with Crippen molar-refractivity contribution in [2.24, 2.45) is 5.92 Å². The van der Waals surface area contributed by atoms with Gasteiger partial charge in [0, 0.05) is 6.04 Å². The Morgan fingerprint density at radius 3 is 2.94 bits per heavy atom. The van der Waals surface area contributed by atoms with E-state index in [1.807, 2.05) is 4.57 Å². The minimum Gasteiger partial charge on any atom is -0.464 e. The van der Waals surface area contributed by atoms with Crippen LogP contribution in [-0.2, 0) is 4.74 Å². The van der Waals surface area contributed by atoms with Gasteiger partial charge in [-0.15, -0.1) is 0 Å². The van der Waals surface area contributed by atoms with Crippen molar-refractivity contribution in [2.45, 2.75) is 32.2 Å². The van der Waals surface area contributed by atoms with E-state index in [2.05, 4.69) is 16.6 Å². The molecule has 0 spiro atoms. The van der Waals surface area contributed by atoms with E-state index in [0.717, 1.165) is 12.8 Å². The SMILES string of the molecule is COC(=O)c1ncn(C2CCC(C)C2)c1N. The van der Waals surface area contributed by atoms with Crippen molar-refractivity contribution in [1.29, 1.82) is 0 Å². The summed E-state index contributed by atoms with van der Waals surface area (Å²) in [4.78, 5) is 15.4. The standard InChI is InChI=1S/C11H17N3O2/c1-7-3-4-8(5-7)14-6-13-9(10(14)12)11(15)16-2/h6-8H,3-5,12H2,1-2H3. The zero-order valence-corrected chi connectivity index (χ0v) is 9.64. The topological polar surface area (TPSA) is 70.1 Å². The summed E-state index contributed by atoms with van der Waals surface area (Å²) >= 11 is 0. The highest BCUT2D eigenvalue weighted by Gasteiger charge is 2.26. The van der Waals surface area contributed by atoms with Crippen LogP contribution in [0.4, 0.5) is 5.82 Å². The summed E-state index contributed by atoms with van der Waals surface area (Å²) in [5.74, 6) is 0.668. The number of nitrogens with zero attached hydrogens (tertiary/aromatic N) is 2. The maximum atomic E-state index is 11.3. The van der Waals surface area contributed by atoms with Crippen LogP contribution in [0.15, 0.2) is 6.33 Å². The molecule has 5 heteroatoms. The maximum absolute atomic E-state index is 11.3. The Kier molecular flexibility index (Phi) is 2.85. The molecule has 1 aliphatic carbocycles. The number of aromatic nitrogens is 2. The van der Waals surface area contributed by atoms with Crippen LogP contribution in [-0.4, -0.2) is 22.6 Å². The highest BCUT2D eigenvalue weighted by Crippen LogP contribution is 2.35. The number of esters is 1. The van der Waals surface area contributed by atoms with E-state index >= 15 is 0 Å². The van der Waals surface area contributed by atoms with Crippen LogP contribution in [0.3, 0.4) is 0 Å². The van der Waals surface area contributed by atoms with Gasteiger partial charge >= 0.3 is 5.97 Å². The fourth-order valence-corrected chi connectivity index (χ4v) is 2.35. The van der Waals surface area contributed by atoms with Gasteiger partial charge in [0.25, 0.3) is 0 Å². The Morgan fingerprint density at radius 1 is 1.62 bits per heavy atom. The van der Waals surface area contributed by atoms with Crippen LogP contribution in [0.1, 0.15) is 42.7 Å². The van der Waals surface area contributed by atoms with E-state index in [1.165, 1.54) is 13.5 Å². The number of rotatable bonds is 2. The molecule has 2 rings (SSSR count). The molecule has 88 valence electrons. The van der Waals surface area contributed by atoms with Gasteiger partial charge in [-0.1, -0.05) is 6.92 Å². The van der Waals surface area contributed by atoms with E-state index in [0.29, 0.717) is 17.8 Å². The van der Waals surface area contributed by atoms with E-state index in [-0.39, 0.29) is 5.69 Å². The molecule has 0 amide bonds. The van der Waals surface area contributed by atoms with Gasteiger partial charge in [0.1, 0.15) is 5.82 Å². The Bertz CT molecular complexity index is 400. The van der Waals surface area contributed by atoms with Crippen LogP contribution >= 0.6 is 0 Å². The Labute approximate surface area is 94.6 Å². The molecule has 0 aromatic carbocycles. The van der Waals surface area contributed by atoms with Gasteiger partial charge in [0.15, 0.2) is 5.69 Å². The predicted molar refractivity (Wildman–Crippen MR) is 60.0 cm³/mol. The molecule has 1 fully saturated rings. The van der Waals surface area contributed by atoms with Gasteiger partial charge in [0.05, 0.1) is 13.4 Å². The van der Waals surface area contributed by atoms with E-state index in [1.54, 1.807) is 6.33 Å². The second kappa shape index (κ2) is 4.15. The Balaban J connectivity index is 2.23. The van der Waals surface area contributed by atoms with Crippen LogP contribution in [0.5, 0.6) is 0 Å². The summed E-state index contributed by atoms with van der Waals surface area (Å²) in [5.41, 5.74) is 6.13. The third-order valence-corrected chi connectivity index (χ3v) is 3.27. The van der Waals surface area contributed by atoms with Crippen molar-refractivity contribution in [3.05, 3.63) is 12.0 Å². The number of methoxy groups -OCH3 is 1. The number of ether oxygens (including phenoxy) is 1. The van der Waals surface area contributed by atoms with Crippen molar-refractivity contribution in [1.82, 2.24) is 9.55 Å². The summed E-state index contributed by atoms with van der Waals surface area (Å²) in [6.07, 6.45) is 5.05. The molecule has 5 nitrogen and oxygen atoms in total. The minimum atomic E-state index is -0.470. The molecule has 0 aliphatic heterocycles. The molecule has 2 unspecified atom stereocenters. The molecular formula is C11H17N3O2. The number of imidazole rings is 1. The van der Waals surface area contributed by atoms with Gasteiger partial charge < -0.3 is 15.0 Å². The third-order valence-electron chi connectivity index (χ3n) is 3.27. The third kappa shape index (κ3) is 1.77. The summed E-state index contributed by atoms with van der Waals surface area (Å²) in [6.45, 7) is 2.23. The Hall–Kier alpha value is -1.52. The molecule has 0 bridgehead atoms. The summed E-state index contributed by atoms with van der Waals surface area (Å²) in [5, 5.41) is 0. The number of nitrogens with two attached hydrogens (primary N) is 1. The zero-order valence-electron chi connectivity index (χ0n) is 9.64. The average molecular weight is 223 g/mol. The number of carbonyl (C=O) groups is 1. The molecule has 1 heterocycles. The molecule has 1 saturated carbocycles. The molecule has 1 aromatic heterocycles. The quantitative estimate of drug-likeness (QED) is 0.773. The van der Waals surface area contributed by atoms with Gasteiger partial charge in [-0.3, -0.25) is 0 Å². The van der Waals surface area contributed by atoms with Crippen LogP contribution in [0, 0.1) is 5.92 Å². The van der Waals surface area contributed by atoms with Crippen LogP contribution in [0.25, 0.3) is 0 Å². The lowest BCUT2D eigenvalue weighted by Crippen LogP contribution is -2.11. The van der Waals surface area contributed by atoms with Crippen molar-refractivity contribution in [2.75, 3.05) is 12.8 Å². The van der Waals surface area contributed by atoms with Gasteiger partial charge in [-0.25, -0.2) is 9.78 Å². The highest BCUT2D eigenvalue weighted by atomic mass is 16.5. The maximum Gasteiger partial charge on any atom is 0.360 e. The summed E-state index contributed by atoms with van der Waals surface area (Å²) in [7, 11) is 1.33. The smallest absolute Gasteiger partial charge is 0.360 e. The van der Waals surface area contributed by atoms with Crippen molar-refractivity contribution >= 4 is 11.8 Å². The van der Waals surface area contributed by atoms with Gasteiger partial charge in [-0.2, -0.15) is 0 Å². The first-order valence-electron chi connectivity index (χ1n) is 5.54. The number of anilines is 1. The van der Waals surface area contributed by atoms with Crippen molar-refractivity contribution in [3.63, 3.8) is 0 Å². The summed E-state index contributed by atoms with van der Waals surface area (Å²) < 4.78 is 6.52. The van der Waals surface area contributed by atoms with E-state index in [4.69, 9.17) is 5.73 Å².